The van der Waals surface area contributed by atoms with Crippen molar-refractivity contribution in [1.82, 2.24) is 0 Å². The molecule has 1 aromatic rings. The lowest BCUT2D eigenvalue weighted by Crippen LogP contribution is -2.36. The molecule has 0 saturated heterocycles. The zero-order valence-corrected chi connectivity index (χ0v) is 9.93. The Morgan fingerprint density at radius 2 is 2.22 bits per heavy atom. The zero-order valence-electron chi connectivity index (χ0n) is 9.18. The SMILES string of the molecule is CN1C(=O)COc2c(C(=O)Cl)cc([N+](=O)[O-])cc21. The zero-order chi connectivity index (χ0) is 13.4. The molecule has 18 heavy (non-hydrogen) atoms. The van der Waals surface area contributed by atoms with E-state index >= 15 is 0 Å². The third-order valence-electron chi connectivity index (χ3n) is 2.55. The predicted octanol–water partition coefficient (Wildman–Crippen LogP) is 1.33. The first-order valence-electron chi connectivity index (χ1n) is 4.83. The quantitative estimate of drug-likeness (QED) is 0.459. The second-order valence-corrected chi connectivity index (χ2v) is 3.96. The van der Waals surface area contributed by atoms with E-state index in [0.717, 1.165) is 12.1 Å². The molecule has 0 atom stereocenters. The summed E-state index contributed by atoms with van der Waals surface area (Å²) >= 11 is 5.36. The molecule has 94 valence electrons. The Bertz CT molecular complexity index is 572. The highest BCUT2D eigenvalue weighted by molar-refractivity contribution is 6.68. The molecule has 0 aromatic heterocycles. The summed E-state index contributed by atoms with van der Waals surface area (Å²) in [6.45, 7) is -0.238. The average Bonchev–Trinajstić information content (AvgIpc) is 2.32. The van der Waals surface area contributed by atoms with Gasteiger partial charge in [0.25, 0.3) is 16.8 Å². The summed E-state index contributed by atoms with van der Waals surface area (Å²) in [7, 11) is 1.44. The molecule has 0 saturated carbocycles. The number of fused-ring (bicyclic) bond motifs is 1. The minimum absolute atomic E-state index is 0.0858. The first kappa shape index (κ1) is 12.3. The highest BCUT2D eigenvalue weighted by Crippen LogP contribution is 2.38. The molecule has 0 N–H and O–H groups in total. The van der Waals surface area contributed by atoms with Gasteiger partial charge in [-0.05, 0) is 11.6 Å². The lowest BCUT2D eigenvalue weighted by Gasteiger charge is -2.26. The van der Waals surface area contributed by atoms with Gasteiger partial charge < -0.3 is 9.64 Å². The molecule has 1 heterocycles. The Morgan fingerprint density at radius 1 is 1.56 bits per heavy atom. The number of carbonyl (C=O) groups excluding carboxylic acids is 2. The van der Waals surface area contributed by atoms with Crippen molar-refractivity contribution in [1.29, 1.82) is 0 Å². The molecule has 7 nitrogen and oxygen atoms in total. The number of nitro groups is 1. The smallest absolute Gasteiger partial charge is 0.272 e. The van der Waals surface area contributed by atoms with Crippen LogP contribution in [0.2, 0.25) is 0 Å². The van der Waals surface area contributed by atoms with E-state index in [-0.39, 0.29) is 35.2 Å². The van der Waals surface area contributed by atoms with Gasteiger partial charge in [0, 0.05) is 19.2 Å². The number of amides is 1. The first-order chi connectivity index (χ1) is 8.41. The van der Waals surface area contributed by atoms with Crippen molar-refractivity contribution >= 4 is 34.1 Å². The molecule has 0 aliphatic carbocycles. The van der Waals surface area contributed by atoms with Crippen LogP contribution >= 0.6 is 11.6 Å². The molecule has 1 aliphatic heterocycles. The molecule has 8 heteroatoms. The van der Waals surface area contributed by atoms with Crippen LogP contribution in [0.5, 0.6) is 5.75 Å². The van der Waals surface area contributed by atoms with Crippen molar-refractivity contribution < 1.29 is 19.2 Å². The summed E-state index contributed by atoms with van der Waals surface area (Å²) in [4.78, 5) is 33.9. The van der Waals surface area contributed by atoms with Gasteiger partial charge in [-0.15, -0.1) is 0 Å². The Balaban J connectivity index is 2.69. The van der Waals surface area contributed by atoms with Crippen molar-refractivity contribution in [3.05, 3.63) is 27.8 Å². The molecular weight excluding hydrogens is 264 g/mol. The predicted molar refractivity (Wildman–Crippen MR) is 62.2 cm³/mol. The van der Waals surface area contributed by atoms with E-state index in [1.807, 2.05) is 0 Å². The third kappa shape index (κ3) is 1.88. The average molecular weight is 271 g/mol. The lowest BCUT2D eigenvalue weighted by molar-refractivity contribution is -0.384. The number of nitrogens with zero attached hydrogens (tertiary/aromatic N) is 2. The van der Waals surface area contributed by atoms with Crippen molar-refractivity contribution in [2.45, 2.75) is 0 Å². The number of benzene rings is 1. The lowest BCUT2D eigenvalue weighted by atomic mass is 10.1. The van der Waals surface area contributed by atoms with Crippen LogP contribution in [-0.4, -0.2) is 29.7 Å². The Hall–Kier alpha value is -2.15. The molecule has 1 amide bonds. The number of ether oxygens (including phenoxy) is 1. The normalized spacial score (nSPS) is 13.9. The summed E-state index contributed by atoms with van der Waals surface area (Å²) in [6.07, 6.45) is 0. The molecule has 0 fully saturated rings. The number of hydrogen-bond donors (Lipinski definition) is 0. The maximum atomic E-state index is 11.4. The molecule has 0 unspecified atom stereocenters. The van der Waals surface area contributed by atoms with Crippen LogP contribution < -0.4 is 9.64 Å². The minimum Gasteiger partial charge on any atom is -0.481 e. The van der Waals surface area contributed by atoms with Gasteiger partial charge in [0.1, 0.15) is 0 Å². The van der Waals surface area contributed by atoms with Crippen LogP contribution in [0.15, 0.2) is 12.1 Å². The van der Waals surface area contributed by atoms with Crippen LogP contribution in [0, 0.1) is 10.1 Å². The molecule has 0 radical (unpaired) electrons. The second kappa shape index (κ2) is 4.26. The number of rotatable bonds is 2. The van der Waals surface area contributed by atoms with Gasteiger partial charge in [0.05, 0.1) is 16.2 Å². The van der Waals surface area contributed by atoms with Gasteiger partial charge in [-0.1, -0.05) is 0 Å². The van der Waals surface area contributed by atoms with Gasteiger partial charge in [-0.3, -0.25) is 19.7 Å². The first-order valence-corrected chi connectivity index (χ1v) is 5.21. The summed E-state index contributed by atoms with van der Waals surface area (Å²) in [5.74, 6) is -0.279. The molecule has 2 rings (SSSR count). The third-order valence-corrected chi connectivity index (χ3v) is 2.76. The second-order valence-electron chi connectivity index (χ2n) is 3.61. The number of non-ortho nitro benzene ring substituents is 1. The van der Waals surface area contributed by atoms with Gasteiger partial charge in [-0.2, -0.15) is 0 Å². The van der Waals surface area contributed by atoms with Crippen molar-refractivity contribution in [2.75, 3.05) is 18.6 Å². The number of hydrogen-bond acceptors (Lipinski definition) is 5. The summed E-state index contributed by atoms with van der Waals surface area (Å²) in [5, 5.41) is 9.88. The van der Waals surface area contributed by atoms with Crippen LogP contribution in [0.3, 0.4) is 0 Å². The molecule has 0 spiro atoms. The maximum Gasteiger partial charge on any atom is 0.272 e. The maximum absolute atomic E-state index is 11.4. The minimum atomic E-state index is -0.877. The van der Waals surface area contributed by atoms with Crippen molar-refractivity contribution in [3.8, 4) is 5.75 Å². The highest BCUT2D eigenvalue weighted by atomic mass is 35.5. The van der Waals surface area contributed by atoms with Gasteiger partial charge >= 0.3 is 0 Å². The van der Waals surface area contributed by atoms with Gasteiger partial charge in [0.2, 0.25) is 0 Å². The van der Waals surface area contributed by atoms with Gasteiger partial charge in [-0.25, -0.2) is 0 Å². The number of likely N-dealkylation sites (N-methyl/N-ethyl adjacent to an activating group) is 1. The molecule has 1 aliphatic rings. The summed E-state index contributed by atoms with van der Waals surface area (Å²) < 4.78 is 5.11. The topological polar surface area (TPSA) is 89.8 Å². The van der Waals surface area contributed by atoms with E-state index in [4.69, 9.17) is 16.3 Å². The van der Waals surface area contributed by atoms with Crippen molar-refractivity contribution in [3.63, 3.8) is 0 Å². The molecular formula is C10H7ClN2O5. The van der Waals surface area contributed by atoms with E-state index in [2.05, 4.69) is 0 Å². The monoisotopic (exact) mass is 270 g/mol. The van der Waals surface area contributed by atoms with Crippen LogP contribution in [0.1, 0.15) is 10.4 Å². The van der Waals surface area contributed by atoms with Crippen molar-refractivity contribution in [2.24, 2.45) is 0 Å². The number of anilines is 1. The van der Waals surface area contributed by atoms with Gasteiger partial charge in [0.15, 0.2) is 12.4 Å². The highest BCUT2D eigenvalue weighted by Gasteiger charge is 2.29. The summed E-state index contributed by atoms with van der Waals surface area (Å²) in [5.41, 5.74) is -0.299. The fraction of sp³-hybridized carbons (Fsp3) is 0.200. The van der Waals surface area contributed by atoms with E-state index in [0.29, 0.717) is 0 Å². The molecule has 0 bridgehead atoms. The largest absolute Gasteiger partial charge is 0.481 e. The number of carbonyl (C=O) groups is 2. The van der Waals surface area contributed by atoms with E-state index < -0.39 is 10.2 Å². The van der Waals surface area contributed by atoms with E-state index in [9.17, 15) is 19.7 Å². The van der Waals surface area contributed by atoms with Crippen LogP contribution in [0.4, 0.5) is 11.4 Å². The Labute approximate surface area is 106 Å². The fourth-order valence-corrected chi connectivity index (χ4v) is 1.76. The number of nitro benzene ring substituents is 1. The van der Waals surface area contributed by atoms with Crippen LogP contribution in [-0.2, 0) is 4.79 Å². The van der Waals surface area contributed by atoms with Crippen LogP contribution in [0.25, 0.3) is 0 Å². The summed E-state index contributed by atoms with van der Waals surface area (Å²) in [6, 6.07) is 2.19. The van der Waals surface area contributed by atoms with E-state index in [1.165, 1.54) is 11.9 Å². The fourth-order valence-electron chi connectivity index (χ4n) is 1.62. The standard InChI is InChI=1S/C10H7ClN2O5/c1-12-7-3-5(13(16)17)2-6(10(11)15)9(7)18-4-8(12)14/h2-3H,4H2,1H3. The number of halogens is 1. The van der Waals surface area contributed by atoms with E-state index in [1.54, 1.807) is 0 Å². The Kier molecular flexibility index (Phi) is 2.92. The Morgan fingerprint density at radius 3 is 2.78 bits per heavy atom. The molecule has 1 aromatic carbocycles.